The van der Waals surface area contributed by atoms with Gasteiger partial charge in [0.1, 0.15) is 11.1 Å². The molecule has 2 atom stereocenters. The number of rotatable bonds is 4. The molecule has 0 bridgehead atoms. The Balaban J connectivity index is 1.03. The van der Waals surface area contributed by atoms with Crippen molar-refractivity contribution >= 4 is 43.9 Å². The van der Waals surface area contributed by atoms with Crippen molar-refractivity contribution in [1.29, 1.82) is 0 Å². The molecule has 1 fully saturated rings. The van der Waals surface area contributed by atoms with Crippen molar-refractivity contribution in [3.05, 3.63) is 145 Å². The Morgan fingerprint density at radius 3 is 1.84 bits per heavy atom. The second-order valence-electron chi connectivity index (χ2n) is 12.2. The van der Waals surface area contributed by atoms with E-state index in [-0.39, 0.29) is 0 Å². The lowest BCUT2D eigenvalue weighted by molar-refractivity contribution is 0.386. The maximum atomic E-state index is 6.00. The van der Waals surface area contributed by atoms with Crippen molar-refractivity contribution in [2.75, 3.05) is 0 Å². The van der Waals surface area contributed by atoms with Crippen LogP contribution in [-0.4, -0.2) is 9.55 Å². The number of pyridine rings is 1. The third kappa shape index (κ3) is 4.07. The van der Waals surface area contributed by atoms with Gasteiger partial charge in [0.05, 0.1) is 11.0 Å². The standard InChI is InChI=1S/C41H32N2O/c1-2-9-33(29-19-22-31(23-20-29)43-37-12-5-3-10-34(37)35-11-4-6-13-38(35)43)32(8-1)28-17-15-27(16-18-28)30-21-24-39-36(26-30)41-40(44-39)14-7-25-42-41/h3-7,10-26,32-33H,1-2,8-9H2/t32?,33-/m1/s1. The summed E-state index contributed by atoms with van der Waals surface area (Å²) >= 11 is 0. The van der Waals surface area contributed by atoms with E-state index in [1.54, 1.807) is 0 Å². The summed E-state index contributed by atoms with van der Waals surface area (Å²) in [7, 11) is 0. The third-order valence-corrected chi connectivity index (χ3v) is 9.82. The van der Waals surface area contributed by atoms with Gasteiger partial charge < -0.3 is 8.98 Å². The fourth-order valence-corrected chi connectivity index (χ4v) is 7.70. The molecule has 1 aliphatic rings. The monoisotopic (exact) mass is 568 g/mol. The third-order valence-electron chi connectivity index (χ3n) is 9.82. The zero-order chi connectivity index (χ0) is 29.0. The largest absolute Gasteiger partial charge is 0.454 e. The van der Waals surface area contributed by atoms with Gasteiger partial charge in [0.2, 0.25) is 0 Å². The molecule has 5 aromatic carbocycles. The van der Waals surface area contributed by atoms with Crippen LogP contribution in [0.4, 0.5) is 0 Å². The van der Waals surface area contributed by atoms with Crippen molar-refractivity contribution in [2.45, 2.75) is 37.5 Å². The zero-order valence-corrected chi connectivity index (χ0v) is 24.5. The number of para-hydroxylation sites is 2. The first-order valence-corrected chi connectivity index (χ1v) is 15.8. The Bertz CT molecular complexity index is 2240. The van der Waals surface area contributed by atoms with E-state index in [1.807, 2.05) is 18.3 Å². The van der Waals surface area contributed by atoms with Crippen LogP contribution in [0, 0.1) is 0 Å². The molecule has 3 heteroatoms. The van der Waals surface area contributed by atoms with Crippen LogP contribution in [0.3, 0.4) is 0 Å². The van der Waals surface area contributed by atoms with Gasteiger partial charge in [-0.2, -0.15) is 0 Å². The van der Waals surface area contributed by atoms with E-state index in [4.69, 9.17) is 4.42 Å². The molecule has 212 valence electrons. The molecule has 0 aliphatic heterocycles. The van der Waals surface area contributed by atoms with Crippen LogP contribution in [0.15, 0.2) is 138 Å². The fraction of sp³-hybridized carbons (Fsp3) is 0.146. The molecule has 0 N–H and O–H groups in total. The topological polar surface area (TPSA) is 31.0 Å². The zero-order valence-electron chi connectivity index (χ0n) is 24.5. The van der Waals surface area contributed by atoms with E-state index in [0.717, 1.165) is 22.1 Å². The molecular weight excluding hydrogens is 536 g/mol. The summed E-state index contributed by atoms with van der Waals surface area (Å²) in [6.45, 7) is 0. The Morgan fingerprint density at radius 2 is 1.16 bits per heavy atom. The van der Waals surface area contributed by atoms with Crippen molar-refractivity contribution in [3.63, 3.8) is 0 Å². The first-order chi connectivity index (χ1) is 21.8. The minimum atomic E-state index is 0.529. The number of hydrogen-bond acceptors (Lipinski definition) is 2. The van der Waals surface area contributed by atoms with Gasteiger partial charge in [-0.25, -0.2) is 0 Å². The van der Waals surface area contributed by atoms with Gasteiger partial charge in [-0.1, -0.05) is 91.7 Å². The minimum Gasteiger partial charge on any atom is -0.454 e. The average Bonchev–Trinajstić information content (AvgIpc) is 3.64. The highest BCUT2D eigenvalue weighted by molar-refractivity contribution is 6.09. The molecule has 9 rings (SSSR count). The first kappa shape index (κ1) is 25.4. The Kier molecular flexibility index (Phi) is 5.90. The van der Waals surface area contributed by atoms with Crippen LogP contribution in [0.1, 0.15) is 48.6 Å². The first-order valence-electron chi connectivity index (χ1n) is 15.8. The second-order valence-corrected chi connectivity index (χ2v) is 12.2. The van der Waals surface area contributed by atoms with E-state index in [0.29, 0.717) is 11.8 Å². The summed E-state index contributed by atoms with van der Waals surface area (Å²) in [5.41, 5.74) is 11.7. The molecule has 3 nitrogen and oxygen atoms in total. The van der Waals surface area contributed by atoms with E-state index in [9.17, 15) is 0 Å². The number of nitrogens with zero attached hydrogens (tertiary/aromatic N) is 2. The smallest absolute Gasteiger partial charge is 0.153 e. The lowest BCUT2D eigenvalue weighted by atomic mass is 9.72. The molecule has 8 aromatic rings. The van der Waals surface area contributed by atoms with Gasteiger partial charge in [-0.15, -0.1) is 0 Å². The SMILES string of the molecule is c1cnc2c(c1)oc1ccc(-c3ccc(C4CCCC[C@@H]4c4ccc(-n5c6ccccc6c6ccccc65)cc4)cc3)cc12. The number of fused-ring (bicyclic) bond motifs is 6. The van der Waals surface area contributed by atoms with Gasteiger partial charge in [0.15, 0.2) is 5.58 Å². The van der Waals surface area contributed by atoms with Crippen molar-refractivity contribution in [1.82, 2.24) is 9.55 Å². The van der Waals surface area contributed by atoms with Crippen molar-refractivity contribution in [3.8, 4) is 16.8 Å². The summed E-state index contributed by atoms with van der Waals surface area (Å²) in [4.78, 5) is 4.57. The maximum absolute atomic E-state index is 6.00. The normalized spacial score (nSPS) is 17.2. The van der Waals surface area contributed by atoms with E-state index < -0.39 is 0 Å². The highest BCUT2D eigenvalue weighted by atomic mass is 16.3. The lowest BCUT2D eigenvalue weighted by Gasteiger charge is -2.32. The number of hydrogen-bond donors (Lipinski definition) is 0. The molecule has 1 aliphatic carbocycles. The molecule has 0 spiro atoms. The van der Waals surface area contributed by atoms with Gasteiger partial charge in [-0.3, -0.25) is 4.98 Å². The number of benzene rings is 5. The molecule has 0 amide bonds. The van der Waals surface area contributed by atoms with Crippen LogP contribution < -0.4 is 0 Å². The summed E-state index contributed by atoms with van der Waals surface area (Å²) in [5.74, 6) is 1.06. The Morgan fingerprint density at radius 1 is 0.545 bits per heavy atom. The molecule has 3 heterocycles. The number of aromatic nitrogens is 2. The Labute approximate surface area is 256 Å². The highest BCUT2D eigenvalue weighted by Crippen LogP contribution is 2.45. The van der Waals surface area contributed by atoms with Crippen LogP contribution in [0.25, 0.3) is 60.7 Å². The van der Waals surface area contributed by atoms with E-state index >= 15 is 0 Å². The lowest BCUT2D eigenvalue weighted by Crippen LogP contribution is -2.16. The summed E-state index contributed by atoms with van der Waals surface area (Å²) < 4.78 is 8.41. The predicted octanol–water partition coefficient (Wildman–Crippen LogP) is 11.2. The van der Waals surface area contributed by atoms with Gasteiger partial charge >= 0.3 is 0 Å². The molecule has 3 aromatic heterocycles. The van der Waals surface area contributed by atoms with Crippen molar-refractivity contribution < 1.29 is 4.42 Å². The van der Waals surface area contributed by atoms with Crippen LogP contribution in [0.2, 0.25) is 0 Å². The molecule has 0 saturated heterocycles. The highest BCUT2D eigenvalue weighted by Gasteiger charge is 2.28. The van der Waals surface area contributed by atoms with Crippen molar-refractivity contribution in [2.24, 2.45) is 0 Å². The van der Waals surface area contributed by atoms with Gasteiger partial charge in [0, 0.05) is 28.0 Å². The molecule has 0 radical (unpaired) electrons. The van der Waals surface area contributed by atoms with Gasteiger partial charge in [0.25, 0.3) is 0 Å². The van der Waals surface area contributed by atoms with Crippen LogP contribution >= 0.6 is 0 Å². The molecule has 44 heavy (non-hydrogen) atoms. The average molecular weight is 569 g/mol. The van der Waals surface area contributed by atoms with Gasteiger partial charge in [-0.05, 0) is 95.5 Å². The van der Waals surface area contributed by atoms with Crippen LogP contribution in [0.5, 0.6) is 0 Å². The minimum absolute atomic E-state index is 0.529. The quantitative estimate of drug-likeness (QED) is 0.211. The van der Waals surface area contributed by atoms with Crippen LogP contribution in [-0.2, 0) is 0 Å². The Hall–Kier alpha value is -5.15. The molecule has 1 saturated carbocycles. The summed E-state index contributed by atoms with van der Waals surface area (Å²) in [6, 6.07) is 46.5. The van der Waals surface area contributed by atoms with E-state index in [1.165, 1.54) is 75.4 Å². The molecule has 1 unspecified atom stereocenters. The second kappa shape index (κ2) is 10.2. The summed E-state index contributed by atoms with van der Waals surface area (Å²) in [5, 5.41) is 3.68. The summed E-state index contributed by atoms with van der Waals surface area (Å²) in [6.07, 6.45) is 6.88. The predicted molar refractivity (Wildman–Crippen MR) is 182 cm³/mol. The molecular formula is C41H32N2O. The van der Waals surface area contributed by atoms with E-state index in [2.05, 4.69) is 125 Å². The maximum Gasteiger partial charge on any atom is 0.153 e. The fourth-order valence-electron chi connectivity index (χ4n) is 7.70. The number of furan rings is 1.